The summed E-state index contributed by atoms with van der Waals surface area (Å²) in [6, 6.07) is 7.32. The highest BCUT2D eigenvalue weighted by molar-refractivity contribution is 5.95. The van der Waals surface area contributed by atoms with Crippen molar-refractivity contribution >= 4 is 17.5 Å². The Labute approximate surface area is 186 Å². The fourth-order valence-corrected chi connectivity index (χ4v) is 4.49. The molecule has 0 aliphatic carbocycles. The van der Waals surface area contributed by atoms with E-state index in [9.17, 15) is 9.59 Å². The summed E-state index contributed by atoms with van der Waals surface area (Å²) < 4.78 is 5.61. The minimum Gasteiger partial charge on any atom is -0.492 e. The highest BCUT2D eigenvalue weighted by Gasteiger charge is 2.29. The molecular weight excluding hydrogens is 392 g/mol. The van der Waals surface area contributed by atoms with E-state index in [0.717, 1.165) is 58.7 Å². The number of nitrogens with zero attached hydrogens (tertiary/aromatic N) is 3. The number of piperidine rings is 1. The van der Waals surface area contributed by atoms with Crippen LogP contribution in [0.5, 0.6) is 5.75 Å². The monoisotopic (exact) mass is 430 g/mol. The Morgan fingerprint density at radius 3 is 2.39 bits per heavy atom. The summed E-state index contributed by atoms with van der Waals surface area (Å²) in [5.41, 5.74) is 0.713. The molecule has 2 amide bonds. The van der Waals surface area contributed by atoms with Crippen molar-refractivity contribution in [2.45, 2.75) is 46.1 Å². The second kappa shape index (κ2) is 11.5. The predicted octanol–water partition coefficient (Wildman–Crippen LogP) is 2.68. The smallest absolute Gasteiger partial charge is 0.241 e. The van der Waals surface area contributed by atoms with Crippen LogP contribution >= 0.6 is 0 Å². The van der Waals surface area contributed by atoms with Gasteiger partial charge in [-0.2, -0.15) is 0 Å². The second-order valence-corrected chi connectivity index (χ2v) is 8.59. The van der Waals surface area contributed by atoms with Crippen LogP contribution in [0.3, 0.4) is 0 Å². The largest absolute Gasteiger partial charge is 0.492 e. The summed E-state index contributed by atoms with van der Waals surface area (Å²) in [7, 11) is 0. The molecular formula is C24H38N4O3. The van der Waals surface area contributed by atoms with Crippen LogP contribution in [-0.4, -0.2) is 85.0 Å². The lowest BCUT2D eigenvalue weighted by atomic mass is 9.92. The van der Waals surface area contributed by atoms with Crippen LogP contribution in [0.25, 0.3) is 0 Å². The number of ether oxygens (including phenoxy) is 1. The SMILES string of the molecule is CCOc1ccccc1NC(=O)C(C)N1CCC(CC(=O)N2CCN(CC)CC2)CC1. The average Bonchev–Trinajstić information content (AvgIpc) is 2.80. The molecule has 2 fully saturated rings. The summed E-state index contributed by atoms with van der Waals surface area (Å²) in [5, 5.41) is 3.02. The van der Waals surface area contributed by atoms with E-state index in [1.807, 2.05) is 43.0 Å². The van der Waals surface area contributed by atoms with Gasteiger partial charge in [0.15, 0.2) is 0 Å². The average molecular weight is 431 g/mol. The first-order chi connectivity index (χ1) is 15.0. The van der Waals surface area contributed by atoms with Gasteiger partial charge in [-0.15, -0.1) is 0 Å². The number of rotatable bonds is 8. The molecule has 1 unspecified atom stereocenters. The molecule has 0 saturated carbocycles. The van der Waals surface area contributed by atoms with Crippen molar-refractivity contribution in [3.8, 4) is 5.75 Å². The van der Waals surface area contributed by atoms with Crippen molar-refractivity contribution in [1.82, 2.24) is 14.7 Å². The summed E-state index contributed by atoms with van der Waals surface area (Å²) >= 11 is 0. The van der Waals surface area contributed by atoms with Gasteiger partial charge in [-0.1, -0.05) is 19.1 Å². The molecule has 7 nitrogen and oxygen atoms in total. The van der Waals surface area contributed by atoms with Gasteiger partial charge in [-0.25, -0.2) is 0 Å². The molecule has 0 spiro atoms. The Bertz CT molecular complexity index is 725. The van der Waals surface area contributed by atoms with E-state index in [-0.39, 0.29) is 11.9 Å². The summed E-state index contributed by atoms with van der Waals surface area (Å²) in [5.74, 6) is 1.40. The topological polar surface area (TPSA) is 65.1 Å². The van der Waals surface area contributed by atoms with Crippen LogP contribution in [0, 0.1) is 5.92 Å². The Morgan fingerprint density at radius 2 is 1.74 bits per heavy atom. The molecule has 2 saturated heterocycles. The number of piperazine rings is 1. The van der Waals surface area contributed by atoms with Crippen LogP contribution in [0.15, 0.2) is 24.3 Å². The van der Waals surface area contributed by atoms with Gasteiger partial charge in [0, 0.05) is 32.6 Å². The predicted molar refractivity (Wildman–Crippen MR) is 123 cm³/mol. The van der Waals surface area contributed by atoms with Crippen LogP contribution < -0.4 is 10.1 Å². The molecule has 1 atom stereocenters. The number of likely N-dealkylation sites (tertiary alicyclic amines) is 1. The first-order valence-corrected chi connectivity index (χ1v) is 11.8. The maximum atomic E-state index is 12.8. The number of para-hydroxylation sites is 2. The van der Waals surface area contributed by atoms with E-state index >= 15 is 0 Å². The van der Waals surface area contributed by atoms with Gasteiger partial charge in [0.2, 0.25) is 11.8 Å². The van der Waals surface area contributed by atoms with Gasteiger partial charge in [0.25, 0.3) is 0 Å². The third kappa shape index (κ3) is 6.43. The highest BCUT2D eigenvalue weighted by atomic mass is 16.5. The summed E-state index contributed by atoms with van der Waals surface area (Å²) in [6.45, 7) is 13.1. The zero-order chi connectivity index (χ0) is 22.2. The van der Waals surface area contributed by atoms with Crippen LogP contribution in [-0.2, 0) is 9.59 Å². The Balaban J connectivity index is 1.44. The number of carbonyl (C=O) groups is 2. The van der Waals surface area contributed by atoms with E-state index < -0.39 is 0 Å². The molecule has 2 aliphatic heterocycles. The van der Waals surface area contributed by atoms with E-state index in [1.165, 1.54) is 0 Å². The van der Waals surface area contributed by atoms with E-state index in [2.05, 4.69) is 22.0 Å². The van der Waals surface area contributed by atoms with Crippen molar-refractivity contribution in [3.05, 3.63) is 24.3 Å². The van der Waals surface area contributed by atoms with Crippen molar-refractivity contribution in [2.75, 3.05) is 57.7 Å². The minimum absolute atomic E-state index is 0.0181. The molecule has 2 heterocycles. The number of likely N-dealkylation sites (N-methyl/N-ethyl adjacent to an activating group) is 1. The third-order valence-electron chi connectivity index (χ3n) is 6.66. The second-order valence-electron chi connectivity index (χ2n) is 8.59. The number of amides is 2. The van der Waals surface area contributed by atoms with E-state index in [4.69, 9.17) is 4.74 Å². The van der Waals surface area contributed by atoms with Gasteiger partial charge in [0.05, 0.1) is 18.3 Å². The first kappa shape index (κ1) is 23.5. The Kier molecular flexibility index (Phi) is 8.72. The van der Waals surface area contributed by atoms with Gasteiger partial charge in [-0.05, 0) is 64.4 Å². The minimum atomic E-state index is -0.214. The maximum absolute atomic E-state index is 12.8. The number of benzene rings is 1. The molecule has 0 radical (unpaired) electrons. The van der Waals surface area contributed by atoms with Crippen molar-refractivity contribution in [1.29, 1.82) is 0 Å². The molecule has 31 heavy (non-hydrogen) atoms. The summed E-state index contributed by atoms with van der Waals surface area (Å²) in [6.07, 6.45) is 2.57. The molecule has 1 N–H and O–H groups in total. The number of anilines is 1. The molecule has 1 aromatic rings. The Hall–Kier alpha value is -2.12. The van der Waals surface area contributed by atoms with Crippen molar-refractivity contribution < 1.29 is 14.3 Å². The highest BCUT2D eigenvalue weighted by Crippen LogP contribution is 2.26. The zero-order valence-corrected chi connectivity index (χ0v) is 19.3. The lowest BCUT2D eigenvalue weighted by molar-refractivity contribution is -0.134. The van der Waals surface area contributed by atoms with Crippen molar-refractivity contribution in [3.63, 3.8) is 0 Å². The molecule has 0 aromatic heterocycles. The molecule has 3 rings (SSSR count). The van der Waals surface area contributed by atoms with Gasteiger partial charge in [-0.3, -0.25) is 14.5 Å². The number of hydrogen-bond acceptors (Lipinski definition) is 5. The van der Waals surface area contributed by atoms with Crippen molar-refractivity contribution in [2.24, 2.45) is 5.92 Å². The standard InChI is InChI=1S/C24H38N4O3/c1-4-26-14-16-28(17-15-26)23(29)18-20-10-12-27(13-11-20)19(3)24(30)25-21-8-6-7-9-22(21)31-5-2/h6-9,19-20H,4-5,10-18H2,1-3H3,(H,25,30). The fraction of sp³-hybridized carbons (Fsp3) is 0.667. The lowest BCUT2D eigenvalue weighted by Gasteiger charge is -2.37. The van der Waals surface area contributed by atoms with Crippen LogP contribution in [0.2, 0.25) is 0 Å². The molecule has 1 aromatic carbocycles. The molecule has 0 bridgehead atoms. The van der Waals surface area contributed by atoms with E-state index in [1.54, 1.807) is 0 Å². The molecule has 7 heteroatoms. The number of nitrogens with one attached hydrogen (secondary N) is 1. The maximum Gasteiger partial charge on any atom is 0.241 e. The van der Waals surface area contributed by atoms with E-state index in [0.29, 0.717) is 36.3 Å². The van der Waals surface area contributed by atoms with Gasteiger partial charge < -0.3 is 19.9 Å². The summed E-state index contributed by atoms with van der Waals surface area (Å²) in [4.78, 5) is 32.1. The Morgan fingerprint density at radius 1 is 1.06 bits per heavy atom. The van der Waals surface area contributed by atoms with Crippen LogP contribution in [0.1, 0.15) is 40.0 Å². The zero-order valence-electron chi connectivity index (χ0n) is 19.3. The number of carbonyl (C=O) groups excluding carboxylic acids is 2. The van der Waals surface area contributed by atoms with Crippen LogP contribution in [0.4, 0.5) is 5.69 Å². The van der Waals surface area contributed by atoms with Gasteiger partial charge >= 0.3 is 0 Å². The molecule has 2 aliphatic rings. The molecule has 172 valence electrons. The normalized spacial score (nSPS) is 19.8. The lowest BCUT2D eigenvalue weighted by Crippen LogP contribution is -2.49. The van der Waals surface area contributed by atoms with Gasteiger partial charge in [0.1, 0.15) is 5.75 Å². The third-order valence-corrected chi connectivity index (χ3v) is 6.66. The first-order valence-electron chi connectivity index (χ1n) is 11.8. The number of hydrogen-bond donors (Lipinski definition) is 1. The fourth-order valence-electron chi connectivity index (χ4n) is 4.49. The quantitative estimate of drug-likeness (QED) is 0.687.